The smallest absolute Gasteiger partial charge is 0.303 e. The fraction of sp³-hybridized carbons (Fsp3) is 0.438. The molecule has 0 unspecified atom stereocenters. The minimum absolute atomic E-state index is 0.0907. The minimum atomic E-state index is -0.174. The molecule has 2 N–H and O–H groups in total. The molecule has 2 aliphatic rings. The van der Waals surface area contributed by atoms with Crippen molar-refractivity contribution >= 4 is 34.4 Å². The third kappa shape index (κ3) is 4.27. The number of carbonyl (C=O) groups is 2. The lowest BCUT2D eigenvalue weighted by atomic mass is 10.2. The van der Waals surface area contributed by atoms with E-state index in [1.165, 1.54) is 22.3 Å². The highest BCUT2D eigenvalue weighted by atomic mass is 32.2. The molecule has 7 nitrogen and oxygen atoms in total. The third-order valence-electron chi connectivity index (χ3n) is 4.12. The van der Waals surface area contributed by atoms with Crippen LogP contribution in [-0.4, -0.2) is 62.6 Å². The molecular weight excluding hydrogens is 328 g/mol. The van der Waals surface area contributed by atoms with E-state index >= 15 is 0 Å². The van der Waals surface area contributed by atoms with E-state index in [-0.39, 0.29) is 11.8 Å². The number of piperazine rings is 1. The van der Waals surface area contributed by atoms with E-state index in [0.29, 0.717) is 17.5 Å². The molecule has 1 aromatic rings. The third-order valence-corrected chi connectivity index (χ3v) is 5.00. The summed E-state index contributed by atoms with van der Waals surface area (Å²) in [5.41, 5.74) is 1.17. The van der Waals surface area contributed by atoms with E-state index in [2.05, 4.69) is 27.3 Å². The van der Waals surface area contributed by atoms with Gasteiger partial charge in [0.05, 0.1) is 39.0 Å². The van der Waals surface area contributed by atoms with Gasteiger partial charge in [0, 0.05) is 5.69 Å². The number of quaternary nitrogens is 1. The predicted octanol–water partition coefficient (Wildman–Crippen LogP) is -0.854. The number of nitrogens with zero attached hydrogens (tertiary/aromatic N) is 2. The van der Waals surface area contributed by atoms with Crippen molar-refractivity contribution < 1.29 is 19.2 Å². The Labute approximate surface area is 145 Å². The molecule has 2 heterocycles. The predicted molar refractivity (Wildman–Crippen MR) is 93.8 cm³/mol. The number of methoxy groups -OCH3 is 1. The van der Waals surface area contributed by atoms with Crippen LogP contribution in [0.5, 0.6) is 5.75 Å². The molecule has 0 radical (unpaired) electrons. The lowest BCUT2D eigenvalue weighted by molar-refractivity contribution is -0.892. The maximum absolute atomic E-state index is 12.0. The molecule has 2 fully saturated rings. The van der Waals surface area contributed by atoms with Crippen LogP contribution in [0.4, 0.5) is 5.69 Å². The average molecular weight is 349 g/mol. The maximum Gasteiger partial charge on any atom is 0.303 e. The quantitative estimate of drug-likeness (QED) is 0.740. The molecule has 3 rings (SSSR count). The van der Waals surface area contributed by atoms with Crippen LogP contribution in [0, 0.1) is 0 Å². The molecule has 0 atom stereocenters. The van der Waals surface area contributed by atoms with E-state index in [1.807, 2.05) is 12.1 Å². The van der Waals surface area contributed by atoms with E-state index in [1.54, 1.807) is 7.11 Å². The van der Waals surface area contributed by atoms with Crippen LogP contribution in [0.25, 0.3) is 0 Å². The fourth-order valence-corrected chi connectivity index (χ4v) is 3.50. The molecule has 0 saturated carbocycles. The Morgan fingerprint density at radius 1 is 1.33 bits per heavy atom. The Balaban J connectivity index is 1.48. The molecule has 2 amide bonds. The van der Waals surface area contributed by atoms with Crippen molar-refractivity contribution in [1.29, 1.82) is 0 Å². The van der Waals surface area contributed by atoms with Crippen molar-refractivity contribution in [3.05, 3.63) is 24.3 Å². The summed E-state index contributed by atoms with van der Waals surface area (Å²) in [5, 5.41) is 3.02. The second kappa shape index (κ2) is 7.67. The Kier molecular flexibility index (Phi) is 5.37. The topological polar surface area (TPSA) is 75.4 Å². The van der Waals surface area contributed by atoms with Crippen LogP contribution in [0.3, 0.4) is 0 Å². The lowest BCUT2D eigenvalue weighted by Gasteiger charge is -2.33. The summed E-state index contributed by atoms with van der Waals surface area (Å²) in [7, 11) is 1.66. The number of benzene rings is 1. The van der Waals surface area contributed by atoms with E-state index in [0.717, 1.165) is 31.9 Å². The van der Waals surface area contributed by atoms with Gasteiger partial charge in [-0.3, -0.25) is 9.59 Å². The number of carbonyl (C=O) groups excluding carboxylic acids is 2. The summed E-state index contributed by atoms with van der Waals surface area (Å²) in [6, 6.07) is 8.03. The zero-order valence-electron chi connectivity index (χ0n) is 13.6. The Hall–Kier alpha value is -2.06. The van der Waals surface area contributed by atoms with Crippen LogP contribution in [0.2, 0.25) is 0 Å². The van der Waals surface area contributed by atoms with Gasteiger partial charge in [0.25, 0.3) is 0 Å². The summed E-state index contributed by atoms with van der Waals surface area (Å²) in [6.45, 7) is 3.95. The molecular formula is C16H21N4O3S+. The number of amidine groups is 1. The van der Waals surface area contributed by atoms with Gasteiger partial charge >= 0.3 is 5.91 Å². The van der Waals surface area contributed by atoms with Crippen molar-refractivity contribution in [2.75, 3.05) is 50.5 Å². The number of hydrogen-bond acceptors (Lipinski definition) is 5. The molecule has 2 saturated heterocycles. The van der Waals surface area contributed by atoms with Gasteiger partial charge in [0.2, 0.25) is 5.91 Å². The van der Waals surface area contributed by atoms with Crippen LogP contribution >= 0.6 is 11.8 Å². The van der Waals surface area contributed by atoms with Crippen molar-refractivity contribution in [1.82, 2.24) is 5.32 Å². The largest absolute Gasteiger partial charge is 0.497 e. The first-order chi connectivity index (χ1) is 11.6. The van der Waals surface area contributed by atoms with Gasteiger partial charge < -0.3 is 19.9 Å². The van der Waals surface area contributed by atoms with Gasteiger partial charge in [-0.25, -0.2) is 0 Å². The Morgan fingerprint density at radius 2 is 2.04 bits per heavy atom. The monoisotopic (exact) mass is 349 g/mol. The minimum Gasteiger partial charge on any atom is -0.497 e. The average Bonchev–Trinajstić information content (AvgIpc) is 3.00. The SMILES string of the molecule is COc1ccc(N2CC[NH+](CC(=O)N=C3NC(=O)CS3)CC2)cc1. The van der Waals surface area contributed by atoms with Gasteiger partial charge in [-0.1, -0.05) is 11.8 Å². The summed E-state index contributed by atoms with van der Waals surface area (Å²) >= 11 is 1.28. The first-order valence-corrected chi connectivity index (χ1v) is 8.89. The van der Waals surface area contributed by atoms with Gasteiger partial charge in [0.1, 0.15) is 5.75 Å². The first kappa shape index (κ1) is 16.8. The van der Waals surface area contributed by atoms with Crippen molar-refractivity contribution in [3.8, 4) is 5.75 Å². The summed E-state index contributed by atoms with van der Waals surface area (Å²) < 4.78 is 5.18. The Bertz CT molecular complexity index is 639. The summed E-state index contributed by atoms with van der Waals surface area (Å²) in [6.07, 6.45) is 0. The molecule has 24 heavy (non-hydrogen) atoms. The summed E-state index contributed by atoms with van der Waals surface area (Å²) in [5.74, 6) is 0.934. The Morgan fingerprint density at radius 3 is 2.62 bits per heavy atom. The van der Waals surface area contributed by atoms with Crippen LogP contribution in [0.15, 0.2) is 29.3 Å². The number of anilines is 1. The van der Waals surface area contributed by atoms with E-state index in [4.69, 9.17) is 4.74 Å². The second-order valence-electron chi connectivity index (χ2n) is 5.76. The highest BCUT2D eigenvalue weighted by Gasteiger charge is 2.23. The van der Waals surface area contributed by atoms with Crippen molar-refractivity contribution in [2.24, 2.45) is 4.99 Å². The van der Waals surface area contributed by atoms with Gasteiger partial charge in [-0.05, 0) is 24.3 Å². The molecule has 0 aliphatic carbocycles. The van der Waals surface area contributed by atoms with Crippen molar-refractivity contribution in [2.45, 2.75) is 0 Å². The van der Waals surface area contributed by atoms with Crippen molar-refractivity contribution in [3.63, 3.8) is 0 Å². The number of hydrogen-bond donors (Lipinski definition) is 2. The molecule has 128 valence electrons. The molecule has 2 aliphatic heterocycles. The van der Waals surface area contributed by atoms with Gasteiger partial charge in [-0.2, -0.15) is 4.99 Å². The highest BCUT2D eigenvalue weighted by molar-refractivity contribution is 8.15. The normalized spacial score (nSPS) is 20.3. The molecule has 8 heteroatoms. The van der Waals surface area contributed by atoms with Crippen LogP contribution in [-0.2, 0) is 9.59 Å². The molecule has 0 spiro atoms. The second-order valence-corrected chi connectivity index (χ2v) is 6.72. The highest BCUT2D eigenvalue weighted by Crippen LogP contribution is 2.18. The number of aliphatic imine (C=N–C) groups is 1. The summed E-state index contributed by atoms with van der Waals surface area (Å²) in [4.78, 5) is 30.6. The van der Waals surface area contributed by atoms with E-state index < -0.39 is 0 Å². The standard InChI is InChI=1S/C16H20N4O3S/c1-23-13-4-2-12(3-5-13)20-8-6-19(7-9-20)10-14(21)17-16-18-15(22)11-24-16/h2-5H,6-11H2,1H3,(H,17,18,21,22)/p+1. The maximum atomic E-state index is 12.0. The van der Waals surface area contributed by atoms with Gasteiger partial charge in [-0.15, -0.1) is 0 Å². The fourth-order valence-electron chi connectivity index (χ4n) is 2.80. The lowest BCUT2D eigenvalue weighted by Crippen LogP contribution is -3.15. The number of thioether (sulfide) groups is 1. The molecule has 0 bridgehead atoms. The zero-order valence-corrected chi connectivity index (χ0v) is 14.4. The van der Waals surface area contributed by atoms with Crippen LogP contribution < -0.4 is 19.9 Å². The molecule has 0 aromatic heterocycles. The van der Waals surface area contributed by atoms with Gasteiger partial charge in [0.15, 0.2) is 11.7 Å². The van der Waals surface area contributed by atoms with E-state index in [9.17, 15) is 9.59 Å². The number of ether oxygens (including phenoxy) is 1. The molecule has 1 aromatic carbocycles. The first-order valence-electron chi connectivity index (χ1n) is 7.91. The zero-order chi connectivity index (χ0) is 16.9. The number of nitrogens with one attached hydrogen (secondary N) is 2. The van der Waals surface area contributed by atoms with Crippen LogP contribution in [0.1, 0.15) is 0 Å². The number of rotatable bonds is 4. The number of amides is 2.